The van der Waals surface area contributed by atoms with E-state index in [2.05, 4.69) is 17.4 Å². The summed E-state index contributed by atoms with van der Waals surface area (Å²) in [5.74, 6) is 1.12. The second kappa shape index (κ2) is 4.49. The van der Waals surface area contributed by atoms with Gasteiger partial charge in [0.15, 0.2) is 0 Å². The number of hydrogen-bond donors (Lipinski definition) is 1. The Morgan fingerprint density at radius 3 is 2.76 bits per heavy atom. The third kappa shape index (κ3) is 2.07. The van der Waals surface area contributed by atoms with Gasteiger partial charge in [0.2, 0.25) is 5.91 Å². The van der Waals surface area contributed by atoms with Gasteiger partial charge in [0, 0.05) is 25.3 Å². The Labute approximate surface area is 101 Å². The highest BCUT2D eigenvalue weighted by molar-refractivity contribution is 5.94. The number of rotatable bonds is 1. The van der Waals surface area contributed by atoms with Crippen LogP contribution >= 0.6 is 0 Å². The molecule has 1 atom stereocenters. The monoisotopic (exact) mass is 231 g/mol. The molecular weight excluding hydrogens is 214 g/mol. The van der Waals surface area contributed by atoms with Crippen molar-refractivity contribution >= 4 is 11.6 Å². The Hall–Kier alpha value is -1.35. The molecule has 17 heavy (non-hydrogen) atoms. The molecule has 1 amide bonds. The molecule has 0 bridgehead atoms. The minimum atomic E-state index is 0.153. The summed E-state index contributed by atoms with van der Waals surface area (Å²) in [5.41, 5.74) is 2.30. The smallest absolute Gasteiger partial charge is 0.225 e. The van der Waals surface area contributed by atoms with E-state index in [9.17, 15) is 4.79 Å². The molecule has 0 radical (unpaired) electrons. The van der Waals surface area contributed by atoms with Crippen molar-refractivity contribution in [3.63, 3.8) is 0 Å². The van der Waals surface area contributed by atoms with Gasteiger partial charge in [-0.15, -0.1) is 0 Å². The SMILES string of the molecule is O=C1CC(C2CCOCC2)c2ccccc2N1. The van der Waals surface area contributed by atoms with E-state index < -0.39 is 0 Å². The lowest BCUT2D eigenvalue weighted by atomic mass is 9.77. The summed E-state index contributed by atoms with van der Waals surface area (Å²) in [6.45, 7) is 1.68. The van der Waals surface area contributed by atoms with Crippen molar-refractivity contribution in [2.75, 3.05) is 18.5 Å². The van der Waals surface area contributed by atoms with Crippen LogP contribution < -0.4 is 5.32 Å². The molecule has 3 nitrogen and oxygen atoms in total. The van der Waals surface area contributed by atoms with Crippen LogP contribution in [0.3, 0.4) is 0 Å². The number of amides is 1. The molecule has 1 N–H and O–H groups in total. The van der Waals surface area contributed by atoms with E-state index in [1.165, 1.54) is 5.56 Å². The number of anilines is 1. The molecule has 90 valence electrons. The Balaban J connectivity index is 1.91. The first-order chi connectivity index (χ1) is 8.34. The van der Waals surface area contributed by atoms with Gasteiger partial charge in [-0.05, 0) is 36.3 Å². The molecule has 2 heterocycles. The summed E-state index contributed by atoms with van der Waals surface area (Å²) >= 11 is 0. The number of carbonyl (C=O) groups is 1. The van der Waals surface area contributed by atoms with E-state index in [1.807, 2.05) is 12.1 Å². The topological polar surface area (TPSA) is 38.3 Å². The number of nitrogens with one attached hydrogen (secondary N) is 1. The predicted molar refractivity (Wildman–Crippen MR) is 66.0 cm³/mol. The fourth-order valence-corrected chi connectivity index (χ4v) is 2.98. The van der Waals surface area contributed by atoms with Crippen LogP contribution in [0.4, 0.5) is 5.69 Å². The van der Waals surface area contributed by atoms with Crippen molar-refractivity contribution in [3.8, 4) is 0 Å². The van der Waals surface area contributed by atoms with Crippen LogP contribution in [0.15, 0.2) is 24.3 Å². The van der Waals surface area contributed by atoms with Gasteiger partial charge in [0.25, 0.3) is 0 Å². The third-order valence-electron chi connectivity index (χ3n) is 3.87. The van der Waals surface area contributed by atoms with Gasteiger partial charge < -0.3 is 10.1 Å². The van der Waals surface area contributed by atoms with Crippen molar-refractivity contribution in [1.29, 1.82) is 0 Å². The van der Waals surface area contributed by atoms with Crippen LogP contribution in [-0.2, 0) is 9.53 Å². The first kappa shape index (κ1) is 10.8. The minimum absolute atomic E-state index is 0.153. The highest BCUT2D eigenvalue weighted by Gasteiger charge is 2.32. The predicted octanol–water partition coefficient (Wildman–Crippen LogP) is 2.54. The van der Waals surface area contributed by atoms with E-state index in [-0.39, 0.29) is 5.91 Å². The Morgan fingerprint density at radius 1 is 1.18 bits per heavy atom. The fraction of sp³-hybridized carbons (Fsp3) is 0.500. The average Bonchev–Trinajstić information content (AvgIpc) is 2.39. The molecule has 0 aliphatic carbocycles. The molecule has 1 aromatic rings. The van der Waals surface area contributed by atoms with E-state index in [0.29, 0.717) is 18.3 Å². The zero-order valence-corrected chi connectivity index (χ0v) is 9.82. The van der Waals surface area contributed by atoms with Crippen molar-refractivity contribution in [2.24, 2.45) is 5.92 Å². The summed E-state index contributed by atoms with van der Waals surface area (Å²) < 4.78 is 5.40. The molecule has 0 saturated carbocycles. The molecule has 2 aliphatic heterocycles. The van der Waals surface area contributed by atoms with Crippen molar-refractivity contribution in [3.05, 3.63) is 29.8 Å². The van der Waals surface area contributed by atoms with Gasteiger partial charge in [-0.2, -0.15) is 0 Å². The Morgan fingerprint density at radius 2 is 1.94 bits per heavy atom. The third-order valence-corrected chi connectivity index (χ3v) is 3.87. The maximum absolute atomic E-state index is 11.7. The van der Waals surface area contributed by atoms with E-state index >= 15 is 0 Å². The molecule has 1 saturated heterocycles. The van der Waals surface area contributed by atoms with Gasteiger partial charge >= 0.3 is 0 Å². The zero-order valence-electron chi connectivity index (χ0n) is 9.82. The first-order valence-electron chi connectivity index (χ1n) is 6.31. The maximum atomic E-state index is 11.7. The molecule has 3 heteroatoms. The highest BCUT2D eigenvalue weighted by atomic mass is 16.5. The molecule has 0 spiro atoms. The largest absolute Gasteiger partial charge is 0.381 e. The zero-order chi connectivity index (χ0) is 11.7. The highest BCUT2D eigenvalue weighted by Crippen LogP contribution is 2.40. The van der Waals surface area contributed by atoms with Crippen molar-refractivity contribution < 1.29 is 9.53 Å². The fourth-order valence-electron chi connectivity index (χ4n) is 2.98. The second-order valence-corrected chi connectivity index (χ2v) is 4.90. The lowest BCUT2D eigenvalue weighted by Crippen LogP contribution is -2.30. The Kier molecular flexibility index (Phi) is 2.85. The molecule has 2 aliphatic rings. The van der Waals surface area contributed by atoms with Gasteiger partial charge in [0.05, 0.1) is 0 Å². The molecule has 0 aromatic heterocycles. The lowest BCUT2D eigenvalue weighted by Gasteiger charge is -2.34. The van der Waals surface area contributed by atoms with E-state index in [0.717, 1.165) is 31.7 Å². The van der Waals surface area contributed by atoms with Gasteiger partial charge in [-0.25, -0.2) is 0 Å². The molecule has 1 fully saturated rings. The standard InChI is InChI=1S/C14H17NO2/c16-14-9-12(10-5-7-17-8-6-10)11-3-1-2-4-13(11)15-14/h1-4,10,12H,5-9H2,(H,15,16). The van der Waals surface area contributed by atoms with Crippen LogP contribution in [0, 0.1) is 5.92 Å². The number of benzene rings is 1. The molecule has 1 unspecified atom stereocenters. The quantitative estimate of drug-likeness (QED) is 0.806. The summed E-state index contributed by atoms with van der Waals surface area (Å²) in [5, 5.41) is 2.96. The Bertz CT molecular complexity index is 424. The van der Waals surface area contributed by atoms with Crippen molar-refractivity contribution in [1.82, 2.24) is 0 Å². The summed E-state index contributed by atoms with van der Waals surface area (Å²) in [6.07, 6.45) is 2.78. The summed E-state index contributed by atoms with van der Waals surface area (Å²) in [6, 6.07) is 8.18. The van der Waals surface area contributed by atoms with Crippen LogP contribution in [0.5, 0.6) is 0 Å². The summed E-state index contributed by atoms with van der Waals surface area (Å²) in [7, 11) is 0. The molecular formula is C14H17NO2. The number of ether oxygens (including phenoxy) is 1. The molecule has 3 rings (SSSR count). The summed E-state index contributed by atoms with van der Waals surface area (Å²) in [4.78, 5) is 11.7. The lowest BCUT2D eigenvalue weighted by molar-refractivity contribution is -0.117. The van der Waals surface area contributed by atoms with Gasteiger partial charge in [-0.3, -0.25) is 4.79 Å². The molecule has 1 aromatic carbocycles. The van der Waals surface area contributed by atoms with E-state index in [4.69, 9.17) is 4.74 Å². The van der Waals surface area contributed by atoms with Gasteiger partial charge in [-0.1, -0.05) is 18.2 Å². The van der Waals surface area contributed by atoms with Crippen molar-refractivity contribution in [2.45, 2.75) is 25.2 Å². The first-order valence-corrected chi connectivity index (χ1v) is 6.31. The number of para-hydroxylation sites is 1. The maximum Gasteiger partial charge on any atom is 0.225 e. The van der Waals surface area contributed by atoms with Crippen LogP contribution in [0.1, 0.15) is 30.7 Å². The van der Waals surface area contributed by atoms with Gasteiger partial charge in [0.1, 0.15) is 0 Å². The number of carbonyl (C=O) groups excluding carboxylic acids is 1. The average molecular weight is 231 g/mol. The second-order valence-electron chi connectivity index (χ2n) is 4.90. The normalized spacial score (nSPS) is 25.2. The van der Waals surface area contributed by atoms with E-state index in [1.54, 1.807) is 0 Å². The number of hydrogen-bond acceptors (Lipinski definition) is 2. The van der Waals surface area contributed by atoms with Crippen LogP contribution in [0.25, 0.3) is 0 Å². The van der Waals surface area contributed by atoms with Crippen LogP contribution in [0.2, 0.25) is 0 Å². The number of fused-ring (bicyclic) bond motifs is 1. The van der Waals surface area contributed by atoms with Crippen LogP contribution in [-0.4, -0.2) is 19.1 Å². The minimum Gasteiger partial charge on any atom is -0.381 e.